The van der Waals surface area contributed by atoms with Crippen molar-refractivity contribution in [3.05, 3.63) is 34.0 Å². The third-order valence-corrected chi connectivity index (χ3v) is 3.58. The Balaban J connectivity index is 1.93. The maximum Gasteiger partial charge on any atom is 0.0903 e. The SMILES string of the molecule is Cc1ncsc1C(O)CCc1cnn(C)c1. The van der Waals surface area contributed by atoms with Crippen LogP contribution in [0, 0.1) is 6.92 Å². The fourth-order valence-corrected chi connectivity index (χ4v) is 2.49. The van der Waals surface area contributed by atoms with Gasteiger partial charge >= 0.3 is 0 Å². The molecule has 0 spiro atoms. The summed E-state index contributed by atoms with van der Waals surface area (Å²) in [6, 6.07) is 0. The molecule has 5 heteroatoms. The molecular formula is C11H15N3OS. The van der Waals surface area contributed by atoms with Gasteiger partial charge in [0.05, 0.1) is 28.4 Å². The highest BCUT2D eigenvalue weighted by atomic mass is 32.1. The van der Waals surface area contributed by atoms with Crippen LogP contribution in [0.2, 0.25) is 0 Å². The van der Waals surface area contributed by atoms with Crippen molar-refractivity contribution < 1.29 is 5.11 Å². The Hall–Kier alpha value is -1.20. The number of rotatable bonds is 4. The molecule has 1 N–H and O–H groups in total. The largest absolute Gasteiger partial charge is 0.387 e. The Kier molecular flexibility index (Phi) is 3.36. The van der Waals surface area contributed by atoms with E-state index in [4.69, 9.17) is 0 Å². The highest BCUT2D eigenvalue weighted by molar-refractivity contribution is 7.09. The minimum Gasteiger partial charge on any atom is -0.387 e. The summed E-state index contributed by atoms with van der Waals surface area (Å²) in [6.45, 7) is 1.93. The molecule has 0 aromatic carbocycles. The summed E-state index contributed by atoms with van der Waals surface area (Å²) in [5.74, 6) is 0. The van der Waals surface area contributed by atoms with E-state index in [2.05, 4.69) is 10.1 Å². The molecule has 86 valence electrons. The zero-order valence-corrected chi connectivity index (χ0v) is 10.2. The summed E-state index contributed by atoms with van der Waals surface area (Å²) >= 11 is 1.52. The van der Waals surface area contributed by atoms with Gasteiger partial charge in [0.25, 0.3) is 0 Å². The van der Waals surface area contributed by atoms with Gasteiger partial charge < -0.3 is 5.11 Å². The highest BCUT2D eigenvalue weighted by Crippen LogP contribution is 2.25. The number of nitrogens with zero attached hydrogens (tertiary/aromatic N) is 3. The van der Waals surface area contributed by atoms with Crippen molar-refractivity contribution in [1.29, 1.82) is 0 Å². The van der Waals surface area contributed by atoms with Gasteiger partial charge in [-0.05, 0) is 25.3 Å². The lowest BCUT2D eigenvalue weighted by atomic mass is 10.1. The van der Waals surface area contributed by atoms with Crippen LogP contribution in [0.1, 0.15) is 28.7 Å². The van der Waals surface area contributed by atoms with Crippen molar-refractivity contribution in [1.82, 2.24) is 14.8 Å². The van der Waals surface area contributed by atoms with Gasteiger partial charge in [-0.2, -0.15) is 5.10 Å². The van der Waals surface area contributed by atoms with Gasteiger partial charge in [0, 0.05) is 13.2 Å². The minimum atomic E-state index is -0.410. The molecular weight excluding hydrogens is 222 g/mol. The summed E-state index contributed by atoms with van der Waals surface area (Å²) in [7, 11) is 1.90. The van der Waals surface area contributed by atoms with Crippen molar-refractivity contribution in [3.63, 3.8) is 0 Å². The summed E-state index contributed by atoms with van der Waals surface area (Å²) < 4.78 is 1.78. The van der Waals surface area contributed by atoms with Crippen molar-refractivity contribution in [3.8, 4) is 0 Å². The van der Waals surface area contributed by atoms with Crippen molar-refractivity contribution in [2.75, 3.05) is 0 Å². The molecule has 0 fully saturated rings. The minimum absolute atomic E-state index is 0.410. The third-order valence-electron chi connectivity index (χ3n) is 2.55. The van der Waals surface area contributed by atoms with E-state index in [1.54, 1.807) is 10.2 Å². The van der Waals surface area contributed by atoms with Crippen LogP contribution in [0.5, 0.6) is 0 Å². The fraction of sp³-hybridized carbons (Fsp3) is 0.455. The standard InChI is InChI=1S/C11H15N3OS/c1-8-11(16-7-12-8)10(15)4-3-9-5-13-14(2)6-9/h5-7,10,15H,3-4H2,1-2H3. The van der Waals surface area contributed by atoms with Gasteiger partial charge in [-0.3, -0.25) is 4.68 Å². The number of aryl methyl sites for hydroxylation is 3. The van der Waals surface area contributed by atoms with Gasteiger partial charge in [0.15, 0.2) is 0 Å². The third kappa shape index (κ3) is 2.48. The fourth-order valence-electron chi connectivity index (χ4n) is 1.67. The summed E-state index contributed by atoms with van der Waals surface area (Å²) in [5, 5.41) is 14.1. The van der Waals surface area contributed by atoms with Crippen LogP contribution in [-0.2, 0) is 13.5 Å². The molecule has 0 saturated carbocycles. The Morgan fingerprint density at radius 3 is 2.94 bits per heavy atom. The van der Waals surface area contributed by atoms with Gasteiger partial charge in [-0.1, -0.05) is 0 Å². The zero-order chi connectivity index (χ0) is 11.5. The molecule has 0 aliphatic rings. The predicted molar refractivity (Wildman–Crippen MR) is 63.3 cm³/mol. The second-order valence-electron chi connectivity index (χ2n) is 3.88. The number of hydrogen-bond donors (Lipinski definition) is 1. The van der Waals surface area contributed by atoms with Crippen LogP contribution < -0.4 is 0 Å². The van der Waals surface area contributed by atoms with E-state index in [0.29, 0.717) is 6.42 Å². The lowest BCUT2D eigenvalue weighted by molar-refractivity contribution is 0.170. The van der Waals surface area contributed by atoms with Crippen LogP contribution in [0.4, 0.5) is 0 Å². The second-order valence-corrected chi connectivity index (χ2v) is 4.77. The van der Waals surface area contributed by atoms with Crippen LogP contribution in [0.15, 0.2) is 17.9 Å². The molecule has 2 aromatic rings. The molecule has 2 aromatic heterocycles. The van der Waals surface area contributed by atoms with E-state index in [1.807, 2.05) is 26.4 Å². The molecule has 0 radical (unpaired) electrons. The first-order chi connectivity index (χ1) is 7.66. The monoisotopic (exact) mass is 237 g/mol. The average molecular weight is 237 g/mol. The van der Waals surface area contributed by atoms with Crippen molar-refractivity contribution in [2.45, 2.75) is 25.9 Å². The molecule has 0 saturated heterocycles. The summed E-state index contributed by atoms with van der Waals surface area (Å²) in [4.78, 5) is 5.11. The number of hydrogen-bond acceptors (Lipinski definition) is 4. The Labute approximate surface area is 98.6 Å². The summed E-state index contributed by atoms with van der Waals surface area (Å²) in [5.41, 5.74) is 3.87. The van der Waals surface area contributed by atoms with Crippen LogP contribution in [0.25, 0.3) is 0 Å². The Bertz CT molecular complexity index is 463. The topological polar surface area (TPSA) is 50.9 Å². The van der Waals surface area contributed by atoms with E-state index in [0.717, 1.165) is 22.6 Å². The van der Waals surface area contributed by atoms with Gasteiger partial charge in [0.2, 0.25) is 0 Å². The second kappa shape index (κ2) is 4.76. The van der Waals surface area contributed by atoms with Crippen LogP contribution >= 0.6 is 11.3 Å². The first kappa shape index (κ1) is 11.3. The van der Waals surface area contributed by atoms with Crippen molar-refractivity contribution >= 4 is 11.3 Å². The first-order valence-electron chi connectivity index (χ1n) is 5.22. The first-order valence-corrected chi connectivity index (χ1v) is 6.10. The molecule has 1 atom stereocenters. The Morgan fingerprint density at radius 1 is 1.56 bits per heavy atom. The maximum absolute atomic E-state index is 10.0. The zero-order valence-electron chi connectivity index (χ0n) is 9.42. The lowest BCUT2D eigenvalue weighted by Crippen LogP contribution is -1.99. The maximum atomic E-state index is 10.0. The van der Waals surface area contributed by atoms with E-state index < -0.39 is 6.10 Å². The number of aromatic nitrogens is 3. The van der Waals surface area contributed by atoms with E-state index in [1.165, 1.54) is 11.3 Å². The highest BCUT2D eigenvalue weighted by Gasteiger charge is 2.13. The predicted octanol–water partition coefficient (Wildman–Crippen LogP) is 1.85. The van der Waals surface area contributed by atoms with E-state index in [9.17, 15) is 5.11 Å². The van der Waals surface area contributed by atoms with Crippen LogP contribution in [0.3, 0.4) is 0 Å². The number of aliphatic hydroxyl groups is 1. The molecule has 0 bridgehead atoms. The Morgan fingerprint density at radius 2 is 2.38 bits per heavy atom. The molecule has 2 heterocycles. The molecule has 0 amide bonds. The van der Waals surface area contributed by atoms with E-state index >= 15 is 0 Å². The quantitative estimate of drug-likeness (QED) is 0.883. The van der Waals surface area contributed by atoms with Crippen molar-refractivity contribution in [2.24, 2.45) is 7.05 Å². The lowest BCUT2D eigenvalue weighted by Gasteiger charge is -2.07. The molecule has 2 rings (SSSR count). The normalized spacial score (nSPS) is 12.9. The van der Waals surface area contributed by atoms with Gasteiger partial charge in [0.1, 0.15) is 0 Å². The molecule has 16 heavy (non-hydrogen) atoms. The molecule has 0 aliphatic carbocycles. The molecule has 1 unspecified atom stereocenters. The number of aliphatic hydroxyl groups excluding tert-OH is 1. The average Bonchev–Trinajstić information content (AvgIpc) is 2.84. The van der Waals surface area contributed by atoms with Crippen LogP contribution in [-0.4, -0.2) is 19.9 Å². The molecule has 0 aliphatic heterocycles. The van der Waals surface area contributed by atoms with Gasteiger partial charge in [-0.15, -0.1) is 11.3 Å². The molecule has 4 nitrogen and oxygen atoms in total. The van der Waals surface area contributed by atoms with E-state index in [-0.39, 0.29) is 0 Å². The van der Waals surface area contributed by atoms with Gasteiger partial charge in [-0.25, -0.2) is 4.98 Å². The summed E-state index contributed by atoms with van der Waals surface area (Å²) in [6.07, 6.45) is 4.97. The smallest absolute Gasteiger partial charge is 0.0903 e. The number of thiazole rings is 1.